The van der Waals surface area contributed by atoms with Gasteiger partial charge in [0.1, 0.15) is 4.66 Å². The first-order chi connectivity index (χ1) is 6.08. The van der Waals surface area contributed by atoms with Crippen molar-refractivity contribution in [3.63, 3.8) is 0 Å². The minimum absolute atomic E-state index is 0.0641. The molecule has 0 amide bonds. The predicted molar refractivity (Wildman–Crippen MR) is 57.6 cm³/mol. The van der Waals surface area contributed by atoms with E-state index in [1.165, 1.54) is 11.4 Å². The lowest BCUT2D eigenvalue weighted by molar-refractivity contribution is 0.599. The minimum Gasteiger partial charge on any atom is -0.273 e. The molecule has 1 rings (SSSR count). The van der Waals surface area contributed by atoms with Crippen molar-refractivity contribution < 1.29 is 8.42 Å². The predicted octanol–water partition coefficient (Wildman–Crippen LogP) is 1.81. The van der Waals surface area contributed by atoms with E-state index in [2.05, 4.69) is 15.9 Å². The van der Waals surface area contributed by atoms with Gasteiger partial charge in [0.05, 0.1) is 5.69 Å². The number of hydrogen-bond donors (Lipinski definition) is 0. The standard InChI is InChI=1S/C8H10BrNO2S/c1-10(13(11,12)7-9)8-5-3-2-4-6-8/h2-6H,7H2,1H3. The Bertz CT molecular complexity index is 363. The van der Waals surface area contributed by atoms with Gasteiger partial charge in [0.15, 0.2) is 0 Å². The summed E-state index contributed by atoms with van der Waals surface area (Å²) in [5.41, 5.74) is 0.668. The van der Waals surface area contributed by atoms with Crippen molar-refractivity contribution in [1.29, 1.82) is 0 Å². The maximum absolute atomic E-state index is 11.4. The summed E-state index contributed by atoms with van der Waals surface area (Å²) in [5.74, 6) is 0. The van der Waals surface area contributed by atoms with Crippen molar-refractivity contribution in [3.05, 3.63) is 30.3 Å². The van der Waals surface area contributed by atoms with Gasteiger partial charge in [0.25, 0.3) is 0 Å². The van der Waals surface area contributed by atoms with Gasteiger partial charge in [-0.05, 0) is 12.1 Å². The van der Waals surface area contributed by atoms with Gasteiger partial charge in [-0.15, -0.1) is 0 Å². The smallest absolute Gasteiger partial charge is 0.244 e. The van der Waals surface area contributed by atoms with E-state index in [1.54, 1.807) is 24.3 Å². The Balaban J connectivity index is 2.99. The normalized spacial score (nSPS) is 11.2. The van der Waals surface area contributed by atoms with Crippen molar-refractivity contribution in [2.75, 3.05) is 16.0 Å². The summed E-state index contributed by atoms with van der Waals surface area (Å²) in [5, 5.41) is 0. The summed E-state index contributed by atoms with van der Waals surface area (Å²) in [7, 11) is -1.67. The molecule has 0 aliphatic rings. The molecule has 0 saturated heterocycles. The molecule has 3 nitrogen and oxygen atoms in total. The van der Waals surface area contributed by atoms with Gasteiger partial charge in [-0.25, -0.2) is 8.42 Å². The van der Waals surface area contributed by atoms with E-state index < -0.39 is 10.0 Å². The second-order valence-electron chi connectivity index (χ2n) is 2.52. The summed E-state index contributed by atoms with van der Waals surface area (Å²) in [6.07, 6.45) is 0. The van der Waals surface area contributed by atoms with Gasteiger partial charge in [-0.3, -0.25) is 4.31 Å². The van der Waals surface area contributed by atoms with Gasteiger partial charge < -0.3 is 0 Å². The summed E-state index contributed by atoms with van der Waals surface area (Å²) in [6.45, 7) is 0. The quantitative estimate of drug-likeness (QED) is 0.781. The van der Waals surface area contributed by atoms with Gasteiger partial charge in [-0.1, -0.05) is 34.1 Å². The lowest BCUT2D eigenvalue weighted by Crippen LogP contribution is -2.26. The zero-order valence-electron chi connectivity index (χ0n) is 7.14. The number of hydrogen-bond acceptors (Lipinski definition) is 2. The number of halogens is 1. The summed E-state index contributed by atoms with van der Waals surface area (Å²) >= 11 is 2.94. The van der Waals surface area contributed by atoms with Crippen LogP contribution in [0.3, 0.4) is 0 Å². The van der Waals surface area contributed by atoms with Crippen LogP contribution in [0.1, 0.15) is 0 Å². The second-order valence-corrected chi connectivity index (χ2v) is 5.83. The van der Waals surface area contributed by atoms with Crippen LogP contribution in [-0.4, -0.2) is 20.1 Å². The summed E-state index contributed by atoms with van der Waals surface area (Å²) in [4.78, 5) is 0. The first-order valence-electron chi connectivity index (χ1n) is 3.65. The first kappa shape index (κ1) is 10.5. The van der Waals surface area contributed by atoms with E-state index >= 15 is 0 Å². The number of anilines is 1. The van der Waals surface area contributed by atoms with Crippen molar-refractivity contribution in [1.82, 2.24) is 0 Å². The molecule has 0 fully saturated rings. The van der Waals surface area contributed by atoms with Gasteiger partial charge >= 0.3 is 0 Å². The molecule has 0 bridgehead atoms. The lowest BCUT2D eigenvalue weighted by atomic mass is 10.3. The number of benzene rings is 1. The molecule has 0 saturated carbocycles. The van der Waals surface area contributed by atoms with Crippen LogP contribution in [0, 0.1) is 0 Å². The Morgan fingerprint density at radius 3 is 2.31 bits per heavy atom. The molecule has 13 heavy (non-hydrogen) atoms. The van der Waals surface area contributed by atoms with E-state index in [0.717, 1.165) is 0 Å². The third-order valence-corrected chi connectivity index (χ3v) is 4.73. The molecule has 72 valence electrons. The van der Waals surface area contributed by atoms with Crippen molar-refractivity contribution >= 4 is 31.6 Å². The molecule has 0 atom stereocenters. The van der Waals surface area contributed by atoms with E-state index in [1.807, 2.05) is 6.07 Å². The molecule has 0 aliphatic heterocycles. The molecular formula is C8H10BrNO2S. The van der Waals surface area contributed by atoms with Gasteiger partial charge in [0, 0.05) is 7.05 Å². The summed E-state index contributed by atoms with van der Waals surface area (Å²) in [6, 6.07) is 8.95. The fraction of sp³-hybridized carbons (Fsp3) is 0.250. The fourth-order valence-electron chi connectivity index (χ4n) is 0.872. The Morgan fingerprint density at radius 2 is 1.85 bits per heavy atom. The highest BCUT2D eigenvalue weighted by atomic mass is 79.9. The average Bonchev–Trinajstić information content (AvgIpc) is 2.18. The molecule has 1 aromatic carbocycles. The Kier molecular flexibility index (Phi) is 3.33. The monoisotopic (exact) mass is 263 g/mol. The Morgan fingerprint density at radius 1 is 1.31 bits per heavy atom. The average molecular weight is 264 g/mol. The molecule has 5 heteroatoms. The largest absolute Gasteiger partial charge is 0.273 e. The molecular weight excluding hydrogens is 254 g/mol. The van der Waals surface area contributed by atoms with Crippen LogP contribution in [0.25, 0.3) is 0 Å². The molecule has 0 heterocycles. The maximum Gasteiger partial charge on any atom is 0.244 e. The van der Waals surface area contributed by atoms with E-state index in [9.17, 15) is 8.42 Å². The number of para-hydroxylation sites is 1. The minimum atomic E-state index is -3.20. The van der Waals surface area contributed by atoms with Crippen molar-refractivity contribution in [3.8, 4) is 0 Å². The second kappa shape index (κ2) is 4.11. The topological polar surface area (TPSA) is 37.4 Å². The third-order valence-electron chi connectivity index (χ3n) is 1.67. The van der Waals surface area contributed by atoms with Crippen LogP contribution in [0.15, 0.2) is 30.3 Å². The van der Waals surface area contributed by atoms with Crippen molar-refractivity contribution in [2.24, 2.45) is 0 Å². The highest BCUT2D eigenvalue weighted by Crippen LogP contribution is 2.15. The zero-order valence-corrected chi connectivity index (χ0v) is 9.55. The van der Waals surface area contributed by atoms with E-state index in [4.69, 9.17) is 0 Å². The molecule has 0 N–H and O–H groups in total. The third kappa shape index (κ3) is 2.45. The number of nitrogens with zero attached hydrogens (tertiary/aromatic N) is 1. The van der Waals surface area contributed by atoms with Crippen LogP contribution >= 0.6 is 15.9 Å². The van der Waals surface area contributed by atoms with Crippen LogP contribution < -0.4 is 4.31 Å². The Hall–Kier alpha value is -0.550. The van der Waals surface area contributed by atoms with Crippen LogP contribution in [-0.2, 0) is 10.0 Å². The fourth-order valence-corrected chi connectivity index (χ4v) is 2.38. The molecule has 0 radical (unpaired) electrons. The SMILES string of the molecule is CN(c1ccccc1)S(=O)(=O)CBr. The van der Waals surface area contributed by atoms with Gasteiger partial charge in [0.2, 0.25) is 10.0 Å². The van der Waals surface area contributed by atoms with E-state index in [-0.39, 0.29) is 4.66 Å². The van der Waals surface area contributed by atoms with Crippen molar-refractivity contribution in [2.45, 2.75) is 0 Å². The molecule has 0 spiro atoms. The number of sulfonamides is 1. The first-order valence-corrected chi connectivity index (χ1v) is 6.38. The van der Waals surface area contributed by atoms with Gasteiger partial charge in [-0.2, -0.15) is 0 Å². The van der Waals surface area contributed by atoms with E-state index in [0.29, 0.717) is 5.69 Å². The molecule has 0 unspecified atom stereocenters. The zero-order chi connectivity index (χ0) is 9.90. The Labute approximate surface area is 86.5 Å². The highest BCUT2D eigenvalue weighted by Gasteiger charge is 2.15. The van der Waals surface area contributed by atoms with Crippen LogP contribution in [0.5, 0.6) is 0 Å². The molecule has 0 aromatic heterocycles. The summed E-state index contributed by atoms with van der Waals surface area (Å²) < 4.78 is 23.9. The lowest BCUT2D eigenvalue weighted by Gasteiger charge is -2.17. The molecule has 0 aliphatic carbocycles. The van der Waals surface area contributed by atoms with Crippen LogP contribution in [0.4, 0.5) is 5.69 Å². The van der Waals surface area contributed by atoms with Crippen LogP contribution in [0.2, 0.25) is 0 Å². The molecule has 1 aromatic rings. The number of rotatable bonds is 3. The number of alkyl halides is 1. The highest BCUT2D eigenvalue weighted by molar-refractivity contribution is 9.10. The maximum atomic E-state index is 11.4.